The first-order valence-electron chi connectivity index (χ1n) is 6.78. The maximum atomic E-state index is 9.36. The second-order valence-electron chi connectivity index (χ2n) is 5.75. The molecule has 5 heteroatoms. The monoisotopic (exact) mass is 292 g/mol. The van der Waals surface area contributed by atoms with Crippen molar-refractivity contribution in [3.8, 4) is 24.3 Å². The number of nitrogens with zero attached hydrogens (tertiary/aromatic N) is 4. The minimum Gasteiger partial charge on any atom is -0.376 e. The Hall–Kier alpha value is -2.86. The van der Waals surface area contributed by atoms with Crippen LogP contribution in [0.25, 0.3) is 0 Å². The average Bonchev–Trinajstić information content (AvgIpc) is 2.49. The maximum absolute atomic E-state index is 9.36. The third-order valence-electron chi connectivity index (χ3n) is 3.02. The molecule has 0 aliphatic heterocycles. The fourth-order valence-electron chi connectivity index (χ4n) is 1.96. The van der Waals surface area contributed by atoms with E-state index in [1.54, 1.807) is 0 Å². The molecular formula is C17H16N4O. The first-order chi connectivity index (χ1) is 10.4. The zero-order valence-corrected chi connectivity index (χ0v) is 12.8. The SMILES string of the molecule is CC(C)(C)OCCC(C#N)c1cc(C#N)c(C#N)cc1C#N. The molecular weight excluding hydrogens is 276 g/mol. The van der Waals surface area contributed by atoms with E-state index in [0.29, 0.717) is 18.6 Å². The lowest BCUT2D eigenvalue weighted by Gasteiger charge is -2.20. The minimum absolute atomic E-state index is 0.144. The van der Waals surface area contributed by atoms with E-state index in [2.05, 4.69) is 6.07 Å². The van der Waals surface area contributed by atoms with Gasteiger partial charge in [-0.25, -0.2) is 0 Å². The summed E-state index contributed by atoms with van der Waals surface area (Å²) in [4.78, 5) is 0. The Morgan fingerprint density at radius 3 is 1.95 bits per heavy atom. The molecule has 0 radical (unpaired) electrons. The van der Waals surface area contributed by atoms with Crippen LogP contribution < -0.4 is 0 Å². The standard InChI is InChI=1S/C17H16N4O/c1-17(2,3)22-5-4-12(8-18)16-7-14(10-20)13(9-19)6-15(16)11-21/h6-7,12H,4-5H2,1-3H3. The van der Waals surface area contributed by atoms with Gasteiger partial charge in [0.15, 0.2) is 0 Å². The Labute approximate surface area is 130 Å². The predicted octanol–water partition coefficient (Wildman–Crippen LogP) is 3.11. The average molecular weight is 292 g/mol. The molecule has 1 unspecified atom stereocenters. The van der Waals surface area contributed by atoms with E-state index >= 15 is 0 Å². The Bertz CT molecular complexity index is 718. The maximum Gasteiger partial charge on any atom is 0.101 e. The zero-order valence-electron chi connectivity index (χ0n) is 12.8. The molecule has 1 atom stereocenters. The molecule has 0 fully saturated rings. The number of ether oxygens (including phenoxy) is 1. The lowest BCUT2D eigenvalue weighted by atomic mass is 9.90. The van der Waals surface area contributed by atoms with Gasteiger partial charge in [0.25, 0.3) is 0 Å². The summed E-state index contributed by atoms with van der Waals surface area (Å²) in [5.74, 6) is -0.558. The van der Waals surface area contributed by atoms with E-state index in [-0.39, 0.29) is 22.3 Å². The van der Waals surface area contributed by atoms with Gasteiger partial charge in [-0.1, -0.05) is 0 Å². The van der Waals surface area contributed by atoms with E-state index in [9.17, 15) is 10.5 Å². The van der Waals surface area contributed by atoms with Crippen LogP contribution in [0.4, 0.5) is 0 Å². The second-order valence-corrected chi connectivity index (χ2v) is 5.75. The summed E-state index contributed by atoms with van der Waals surface area (Å²) in [5, 5.41) is 36.6. The third-order valence-corrected chi connectivity index (χ3v) is 3.02. The van der Waals surface area contributed by atoms with Crippen LogP contribution in [0.2, 0.25) is 0 Å². The normalized spacial score (nSPS) is 11.6. The van der Waals surface area contributed by atoms with Gasteiger partial charge in [-0.3, -0.25) is 0 Å². The predicted molar refractivity (Wildman–Crippen MR) is 79.3 cm³/mol. The number of benzene rings is 1. The molecule has 110 valence electrons. The van der Waals surface area contributed by atoms with E-state index < -0.39 is 5.92 Å². The second kappa shape index (κ2) is 7.24. The zero-order chi connectivity index (χ0) is 16.8. The van der Waals surface area contributed by atoms with Crippen molar-refractivity contribution in [2.75, 3.05) is 6.61 Å². The van der Waals surface area contributed by atoms with Crippen LogP contribution in [0.5, 0.6) is 0 Å². The smallest absolute Gasteiger partial charge is 0.101 e. The van der Waals surface area contributed by atoms with Crippen LogP contribution in [0.3, 0.4) is 0 Å². The van der Waals surface area contributed by atoms with E-state index in [1.165, 1.54) is 12.1 Å². The molecule has 0 N–H and O–H groups in total. The van der Waals surface area contributed by atoms with Gasteiger partial charge in [0, 0.05) is 6.61 Å². The van der Waals surface area contributed by atoms with Crippen molar-refractivity contribution in [1.29, 1.82) is 21.0 Å². The van der Waals surface area contributed by atoms with Gasteiger partial charge < -0.3 is 4.74 Å². The highest BCUT2D eigenvalue weighted by Gasteiger charge is 2.19. The summed E-state index contributed by atoms with van der Waals surface area (Å²) in [6.45, 7) is 6.13. The molecule has 0 aromatic heterocycles. The van der Waals surface area contributed by atoms with Gasteiger partial charge in [-0.05, 0) is 44.9 Å². The number of nitriles is 4. The van der Waals surface area contributed by atoms with Gasteiger partial charge in [-0.15, -0.1) is 0 Å². The van der Waals surface area contributed by atoms with E-state index in [1.807, 2.05) is 39.0 Å². The highest BCUT2D eigenvalue weighted by atomic mass is 16.5. The highest BCUT2D eigenvalue weighted by molar-refractivity contribution is 5.55. The van der Waals surface area contributed by atoms with E-state index in [4.69, 9.17) is 15.3 Å². The summed E-state index contributed by atoms with van der Waals surface area (Å²) in [5.41, 5.74) is 0.732. The van der Waals surface area contributed by atoms with Crippen molar-refractivity contribution < 1.29 is 4.74 Å². The van der Waals surface area contributed by atoms with Gasteiger partial charge in [0.2, 0.25) is 0 Å². The molecule has 1 aromatic rings. The first kappa shape index (κ1) is 17.2. The van der Waals surface area contributed by atoms with Crippen LogP contribution in [0.1, 0.15) is 55.4 Å². The fourth-order valence-corrected chi connectivity index (χ4v) is 1.96. The molecule has 0 aliphatic carbocycles. The van der Waals surface area contributed by atoms with Gasteiger partial charge >= 0.3 is 0 Å². The van der Waals surface area contributed by atoms with Crippen LogP contribution in [0, 0.1) is 45.3 Å². The molecule has 0 bridgehead atoms. The number of rotatable bonds is 4. The van der Waals surface area contributed by atoms with Crippen LogP contribution in [-0.4, -0.2) is 12.2 Å². The Morgan fingerprint density at radius 2 is 1.50 bits per heavy atom. The Morgan fingerprint density at radius 1 is 0.955 bits per heavy atom. The van der Waals surface area contributed by atoms with Gasteiger partial charge in [0.1, 0.15) is 12.1 Å². The third kappa shape index (κ3) is 4.32. The lowest BCUT2D eigenvalue weighted by Crippen LogP contribution is -2.20. The summed E-state index contributed by atoms with van der Waals surface area (Å²) in [7, 11) is 0. The number of hydrogen-bond donors (Lipinski definition) is 0. The molecule has 0 amide bonds. The molecule has 0 saturated heterocycles. The topological polar surface area (TPSA) is 104 Å². The van der Waals surface area contributed by atoms with Crippen molar-refractivity contribution >= 4 is 0 Å². The molecule has 0 aliphatic rings. The Kier molecular flexibility index (Phi) is 5.65. The molecule has 0 saturated carbocycles. The van der Waals surface area contributed by atoms with Crippen molar-refractivity contribution in [2.45, 2.75) is 38.7 Å². The highest BCUT2D eigenvalue weighted by Crippen LogP contribution is 2.26. The van der Waals surface area contributed by atoms with Crippen molar-refractivity contribution in [2.24, 2.45) is 0 Å². The van der Waals surface area contributed by atoms with Crippen LogP contribution in [-0.2, 0) is 4.74 Å². The molecule has 22 heavy (non-hydrogen) atoms. The van der Waals surface area contributed by atoms with Crippen molar-refractivity contribution in [3.05, 3.63) is 34.4 Å². The lowest BCUT2D eigenvalue weighted by molar-refractivity contribution is -0.00486. The van der Waals surface area contributed by atoms with E-state index in [0.717, 1.165) is 0 Å². The van der Waals surface area contributed by atoms with Crippen LogP contribution in [0.15, 0.2) is 12.1 Å². The molecule has 1 rings (SSSR count). The molecule has 5 nitrogen and oxygen atoms in total. The quantitative estimate of drug-likeness (QED) is 0.847. The summed E-state index contributed by atoms with van der Waals surface area (Å²) in [6, 6.07) is 10.8. The summed E-state index contributed by atoms with van der Waals surface area (Å²) >= 11 is 0. The van der Waals surface area contributed by atoms with Crippen molar-refractivity contribution in [3.63, 3.8) is 0 Å². The fraction of sp³-hybridized carbons (Fsp3) is 0.412. The number of hydrogen-bond acceptors (Lipinski definition) is 5. The molecule has 0 heterocycles. The van der Waals surface area contributed by atoms with Gasteiger partial charge in [-0.2, -0.15) is 21.0 Å². The first-order valence-corrected chi connectivity index (χ1v) is 6.78. The summed E-state index contributed by atoms with van der Waals surface area (Å²) < 4.78 is 5.61. The Balaban J connectivity index is 3.13. The van der Waals surface area contributed by atoms with Crippen LogP contribution >= 0.6 is 0 Å². The summed E-state index contributed by atoms with van der Waals surface area (Å²) in [6.07, 6.45) is 0.416. The van der Waals surface area contributed by atoms with Gasteiger partial charge in [0.05, 0.1) is 40.3 Å². The molecule has 1 aromatic carbocycles. The van der Waals surface area contributed by atoms with Crippen molar-refractivity contribution in [1.82, 2.24) is 0 Å². The largest absolute Gasteiger partial charge is 0.376 e. The molecule has 0 spiro atoms. The minimum atomic E-state index is -0.558.